The van der Waals surface area contributed by atoms with Gasteiger partial charge in [0.15, 0.2) is 0 Å². The van der Waals surface area contributed by atoms with Crippen molar-refractivity contribution in [2.24, 2.45) is 0 Å². The van der Waals surface area contributed by atoms with Gasteiger partial charge in [-0.3, -0.25) is 4.79 Å². The van der Waals surface area contributed by atoms with E-state index in [2.05, 4.69) is 0 Å². The third kappa shape index (κ3) is 5.31. The molecule has 1 atom stereocenters. The molecule has 3 rings (SSSR count). The Hall–Kier alpha value is -3.27. The van der Waals surface area contributed by atoms with Crippen LogP contribution in [0.25, 0.3) is 0 Å². The fraction of sp³-hybridized carbons (Fsp3) is 0.318. The molecule has 1 N–H and O–H groups in total. The molecular formula is C22H21BF2O7. The summed E-state index contributed by atoms with van der Waals surface area (Å²) in [5.74, 6) is -7.12. The van der Waals surface area contributed by atoms with Gasteiger partial charge in [0.25, 0.3) is 0 Å². The molecule has 2 aromatic carbocycles. The first kappa shape index (κ1) is 23.4. The lowest BCUT2D eigenvalue weighted by atomic mass is 9.64. The van der Waals surface area contributed by atoms with E-state index in [0.29, 0.717) is 11.1 Å². The minimum absolute atomic E-state index is 0.0269. The molecule has 0 unspecified atom stereocenters. The predicted molar refractivity (Wildman–Crippen MR) is 109 cm³/mol. The quantitative estimate of drug-likeness (QED) is 0.377. The second kappa shape index (κ2) is 9.91. The molecule has 10 heteroatoms. The van der Waals surface area contributed by atoms with Crippen LogP contribution in [0, 0.1) is 0 Å². The Balaban J connectivity index is 1.64. The molecule has 0 radical (unpaired) electrons. The Morgan fingerprint density at radius 2 is 1.78 bits per heavy atom. The van der Waals surface area contributed by atoms with Crippen LogP contribution in [0.15, 0.2) is 48.5 Å². The summed E-state index contributed by atoms with van der Waals surface area (Å²) in [4.78, 5) is 36.2. The van der Waals surface area contributed by atoms with Crippen molar-refractivity contribution in [1.82, 2.24) is 0 Å². The van der Waals surface area contributed by atoms with Crippen molar-refractivity contribution in [3.63, 3.8) is 0 Å². The van der Waals surface area contributed by atoms with Crippen LogP contribution in [-0.4, -0.2) is 42.6 Å². The van der Waals surface area contributed by atoms with Crippen LogP contribution in [0.1, 0.15) is 46.0 Å². The van der Waals surface area contributed by atoms with E-state index in [-0.39, 0.29) is 17.7 Å². The van der Waals surface area contributed by atoms with Gasteiger partial charge < -0.3 is 19.2 Å². The van der Waals surface area contributed by atoms with E-state index in [0.717, 1.165) is 0 Å². The van der Waals surface area contributed by atoms with Crippen molar-refractivity contribution in [2.75, 3.05) is 6.79 Å². The third-order valence-electron chi connectivity index (χ3n) is 5.13. The molecule has 0 aromatic heterocycles. The van der Waals surface area contributed by atoms with E-state index >= 15 is 0 Å². The van der Waals surface area contributed by atoms with Crippen LogP contribution in [0.4, 0.5) is 8.78 Å². The van der Waals surface area contributed by atoms with Gasteiger partial charge in [-0.2, -0.15) is 8.78 Å². The van der Waals surface area contributed by atoms with Gasteiger partial charge in [0.1, 0.15) is 11.3 Å². The number of alkyl halides is 2. The number of esters is 2. The second-order valence-electron chi connectivity index (χ2n) is 7.30. The predicted octanol–water partition coefficient (Wildman–Crippen LogP) is 3.45. The van der Waals surface area contributed by atoms with Gasteiger partial charge in [-0.05, 0) is 30.2 Å². The van der Waals surface area contributed by atoms with Crippen molar-refractivity contribution in [1.29, 1.82) is 0 Å². The van der Waals surface area contributed by atoms with Gasteiger partial charge in [-0.15, -0.1) is 0 Å². The van der Waals surface area contributed by atoms with Crippen molar-refractivity contribution in [2.45, 2.75) is 37.9 Å². The molecule has 0 saturated heterocycles. The zero-order chi connectivity index (χ0) is 23.3. The maximum atomic E-state index is 13.6. The summed E-state index contributed by atoms with van der Waals surface area (Å²) < 4.78 is 42.5. The number of ketones is 1. The molecule has 168 valence electrons. The molecule has 0 aliphatic carbocycles. The van der Waals surface area contributed by atoms with Gasteiger partial charge in [-0.25, -0.2) is 9.59 Å². The monoisotopic (exact) mass is 446 g/mol. The lowest BCUT2D eigenvalue weighted by Crippen LogP contribution is -2.38. The first-order chi connectivity index (χ1) is 15.2. The first-order valence-corrected chi connectivity index (χ1v) is 10.00. The van der Waals surface area contributed by atoms with Crippen LogP contribution in [0.2, 0.25) is 5.82 Å². The molecule has 32 heavy (non-hydrogen) atoms. The zero-order valence-corrected chi connectivity index (χ0v) is 17.3. The van der Waals surface area contributed by atoms with Gasteiger partial charge in [0.2, 0.25) is 12.6 Å². The molecule has 7 nitrogen and oxygen atoms in total. The lowest BCUT2D eigenvalue weighted by Gasteiger charge is -2.29. The number of fused-ring (bicyclic) bond motifs is 1. The highest BCUT2D eigenvalue weighted by molar-refractivity contribution is 6.47. The highest BCUT2D eigenvalue weighted by Crippen LogP contribution is 2.38. The van der Waals surface area contributed by atoms with Crippen LogP contribution in [0.3, 0.4) is 0 Å². The molecule has 0 fully saturated rings. The summed E-state index contributed by atoms with van der Waals surface area (Å²) in [7, 11) is -1.55. The molecule has 2 aromatic rings. The van der Waals surface area contributed by atoms with E-state index in [1.807, 2.05) is 0 Å². The molecule has 0 amide bonds. The van der Waals surface area contributed by atoms with Crippen molar-refractivity contribution < 1.29 is 42.3 Å². The maximum Gasteiger partial charge on any atom is 0.526 e. The average molecular weight is 446 g/mol. The molecule has 1 aliphatic rings. The molecular weight excluding hydrogens is 425 g/mol. The molecule has 1 heterocycles. The molecule has 0 bridgehead atoms. The van der Waals surface area contributed by atoms with Crippen molar-refractivity contribution in [3.05, 3.63) is 65.2 Å². The van der Waals surface area contributed by atoms with E-state index in [1.165, 1.54) is 19.1 Å². The fourth-order valence-corrected chi connectivity index (χ4v) is 3.28. The topological polar surface area (TPSA) is 99.1 Å². The second-order valence-corrected chi connectivity index (χ2v) is 7.30. The smallest absolute Gasteiger partial charge is 0.526 e. The standard InChI is InChI=1S/C22H21BF2O7/c1-2-22(24,25)18(26)12-16-11-15-9-6-10-17(19(15)32-23(16)29)21(28)31-13-30-20(27)14-7-4-3-5-8-14/h3-10,16,29H,2,11-13H2,1H3/t16-/m1/s1. The van der Waals surface area contributed by atoms with Gasteiger partial charge >= 0.3 is 25.0 Å². The summed E-state index contributed by atoms with van der Waals surface area (Å²) in [5.41, 5.74) is 0.728. The normalized spacial score (nSPS) is 15.4. The minimum Gasteiger partial charge on any atom is -0.535 e. The molecule has 0 spiro atoms. The Bertz CT molecular complexity index is 997. The summed E-state index contributed by atoms with van der Waals surface area (Å²) in [6, 6.07) is 12.7. The number of carbonyl (C=O) groups is 3. The number of para-hydroxylation sites is 1. The number of ether oxygens (including phenoxy) is 2. The first-order valence-electron chi connectivity index (χ1n) is 10.00. The number of Topliss-reactive ketones (excluding diaryl/α,β-unsaturated/α-hetero) is 1. The Labute approximate surface area is 183 Å². The Morgan fingerprint density at radius 3 is 2.47 bits per heavy atom. The van der Waals surface area contributed by atoms with Crippen LogP contribution < -0.4 is 4.65 Å². The number of hydrogen-bond acceptors (Lipinski definition) is 7. The summed E-state index contributed by atoms with van der Waals surface area (Å²) in [6.45, 7) is 0.567. The van der Waals surface area contributed by atoms with Gasteiger partial charge in [-0.1, -0.05) is 37.3 Å². The fourth-order valence-electron chi connectivity index (χ4n) is 3.28. The van der Waals surface area contributed by atoms with Crippen molar-refractivity contribution >= 4 is 24.8 Å². The molecule has 0 saturated carbocycles. The Kier molecular flexibility index (Phi) is 7.24. The SMILES string of the molecule is CCC(F)(F)C(=O)C[C@H]1Cc2cccc(C(=O)OCOC(=O)c3ccccc3)c2OB1O. The van der Waals surface area contributed by atoms with Crippen LogP contribution in [-0.2, 0) is 20.7 Å². The molecule has 1 aliphatic heterocycles. The number of carbonyl (C=O) groups excluding carboxylic acids is 3. The van der Waals surface area contributed by atoms with Gasteiger partial charge in [0, 0.05) is 18.7 Å². The number of rotatable bonds is 8. The largest absolute Gasteiger partial charge is 0.535 e. The summed E-state index contributed by atoms with van der Waals surface area (Å²) >= 11 is 0. The van der Waals surface area contributed by atoms with E-state index in [4.69, 9.17) is 14.1 Å². The van der Waals surface area contributed by atoms with E-state index in [9.17, 15) is 28.2 Å². The van der Waals surface area contributed by atoms with Crippen LogP contribution in [0.5, 0.6) is 5.75 Å². The Morgan fingerprint density at radius 1 is 1.09 bits per heavy atom. The maximum absolute atomic E-state index is 13.6. The summed E-state index contributed by atoms with van der Waals surface area (Å²) in [6.07, 6.45) is -1.13. The zero-order valence-electron chi connectivity index (χ0n) is 17.3. The van der Waals surface area contributed by atoms with Crippen molar-refractivity contribution in [3.8, 4) is 5.75 Å². The highest BCUT2D eigenvalue weighted by Gasteiger charge is 2.43. The van der Waals surface area contributed by atoms with E-state index < -0.39 is 56.2 Å². The van der Waals surface area contributed by atoms with E-state index in [1.54, 1.807) is 36.4 Å². The highest BCUT2D eigenvalue weighted by atomic mass is 19.3. The number of benzene rings is 2. The van der Waals surface area contributed by atoms with Gasteiger partial charge in [0.05, 0.1) is 5.56 Å². The summed E-state index contributed by atoms with van der Waals surface area (Å²) in [5, 5.41) is 10.2. The van der Waals surface area contributed by atoms with Crippen LogP contribution >= 0.6 is 0 Å². The lowest BCUT2D eigenvalue weighted by molar-refractivity contribution is -0.143. The average Bonchev–Trinajstić information content (AvgIpc) is 2.79. The number of hydrogen-bond donors (Lipinski definition) is 1. The third-order valence-corrected chi connectivity index (χ3v) is 5.13. The minimum atomic E-state index is -3.47. The number of halogens is 2.